The Bertz CT molecular complexity index is 956. The summed E-state index contributed by atoms with van der Waals surface area (Å²) in [7, 11) is 0. The Kier molecular flexibility index (Phi) is 6.54. The maximum Gasteiger partial charge on any atom is 0.238 e. The van der Waals surface area contributed by atoms with Crippen molar-refractivity contribution in [3.8, 4) is 11.1 Å². The molecule has 0 fully saturated rings. The molecule has 28 heavy (non-hydrogen) atoms. The molecule has 7 nitrogen and oxygen atoms in total. The first-order valence-electron chi connectivity index (χ1n) is 9.01. The minimum Gasteiger partial charge on any atom is -0.323 e. The van der Waals surface area contributed by atoms with Crippen molar-refractivity contribution in [1.82, 2.24) is 20.3 Å². The van der Waals surface area contributed by atoms with Crippen LogP contribution in [-0.2, 0) is 11.3 Å². The van der Waals surface area contributed by atoms with Crippen molar-refractivity contribution in [3.63, 3.8) is 0 Å². The van der Waals surface area contributed by atoms with Crippen LogP contribution in [0.25, 0.3) is 11.1 Å². The van der Waals surface area contributed by atoms with Gasteiger partial charge in [0.15, 0.2) is 5.78 Å². The zero-order valence-electron chi connectivity index (χ0n) is 15.6. The second-order valence-corrected chi connectivity index (χ2v) is 6.12. The van der Waals surface area contributed by atoms with Crippen molar-refractivity contribution in [2.45, 2.75) is 19.9 Å². The molecule has 0 saturated carbocycles. The summed E-state index contributed by atoms with van der Waals surface area (Å²) in [4.78, 5) is 36.8. The lowest BCUT2D eigenvalue weighted by Gasteiger charge is -2.12. The standard InChI is InChI=1S/C21H21N5O2.2H2/c1-2-19(27)21-18(10-16(11-24-21)15-6-4-3-5-7-15)26-20(28)13-23-12-17-8-9-22-14-25-17;;/h3-11,14,23H,2,12-13H2,1H3,(H,26,28);2*1H. The molecule has 7 heteroatoms. The number of nitrogens with one attached hydrogen (secondary N) is 2. The molecular weight excluding hydrogens is 354 g/mol. The number of ketones is 1. The number of benzene rings is 1. The second kappa shape index (κ2) is 9.48. The summed E-state index contributed by atoms with van der Waals surface area (Å²) >= 11 is 0. The number of nitrogens with zero attached hydrogens (tertiary/aromatic N) is 3. The maximum atomic E-state index is 12.4. The number of amides is 1. The van der Waals surface area contributed by atoms with Crippen molar-refractivity contribution in [1.29, 1.82) is 0 Å². The van der Waals surface area contributed by atoms with Crippen molar-refractivity contribution in [3.05, 3.63) is 72.6 Å². The van der Waals surface area contributed by atoms with Gasteiger partial charge in [-0.15, -0.1) is 0 Å². The van der Waals surface area contributed by atoms with Gasteiger partial charge in [-0.3, -0.25) is 14.6 Å². The van der Waals surface area contributed by atoms with Gasteiger partial charge in [0, 0.05) is 33.8 Å². The number of aromatic nitrogens is 3. The van der Waals surface area contributed by atoms with E-state index in [-0.39, 0.29) is 26.8 Å². The average molecular weight is 379 g/mol. The second-order valence-electron chi connectivity index (χ2n) is 6.12. The molecule has 0 unspecified atom stereocenters. The first-order valence-corrected chi connectivity index (χ1v) is 9.01. The SMILES string of the molecule is CCC(=O)c1ncc(-c2ccccc2)cc1NC(=O)CNCc1ccncn1.[HH].[HH]. The van der Waals surface area contributed by atoms with Gasteiger partial charge in [-0.05, 0) is 17.7 Å². The monoisotopic (exact) mass is 379 g/mol. The van der Waals surface area contributed by atoms with Gasteiger partial charge >= 0.3 is 0 Å². The van der Waals surface area contributed by atoms with Crippen LogP contribution in [0.3, 0.4) is 0 Å². The molecule has 2 N–H and O–H groups in total. The summed E-state index contributed by atoms with van der Waals surface area (Å²) in [5.41, 5.74) is 3.27. The van der Waals surface area contributed by atoms with Gasteiger partial charge in [-0.2, -0.15) is 0 Å². The van der Waals surface area contributed by atoms with E-state index in [9.17, 15) is 9.59 Å². The zero-order valence-corrected chi connectivity index (χ0v) is 15.6. The summed E-state index contributed by atoms with van der Waals surface area (Å²) in [6.07, 6.45) is 5.07. The van der Waals surface area contributed by atoms with Gasteiger partial charge in [0.25, 0.3) is 0 Å². The molecule has 3 aromatic rings. The normalized spacial score (nSPS) is 10.5. The molecule has 2 aromatic heterocycles. The fourth-order valence-electron chi connectivity index (χ4n) is 2.66. The number of carbonyl (C=O) groups is 2. The number of rotatable bonds is 8. The first-order chi connectivity index (χ1) is 13.7. The Morgan fingerprint density at radius 2 is 1.89 bits per heavy atom. The number of hydrogen-bond acceptors (Lipinski definition) is 6. The lowest BCUT2D eigenvalue weighted by atomic mass is 10.1. The molecule has 0 spiro atoms. The van der Waals surface area contributed by atoms with E-state index in [1.165, 1.54) is 6.33 Å². The highest BCUT2D eigenvalue weighted by Crippen LogP contribution is 2.24. The highest BCUT2D eigenvalue weighted by molar-refractivity contribution is 6.04. The van der Waals surface area contributed by atoms with Crippen molar-refractivity contribution in [2.24, 2.45) is 0 Å². The Morgan fingerprint density at radius 3 is 2.61 bits per heavy atom. The van der Waals surface area contributed by atoms with Crippen LogP contribution in [0.2, 0.25) is 0 Å². The molecule has 1 amide bonds. The third-order valence-electron chi connectivity index (χ3n) is 4.09. The van der Waals surface area contributed by atoms with E-state index in [0.29, 0.717) is 18.7 Å². The molecule has 0 aliphatic carbocycles. The quantitative estimate of drug-likeness (QED) is 0.583. The van der Waals surface area contributed by atoms with Crippen LogP contribution >= 0.6 is 0 Å². The summed E-state index contributed by atoms with van der Waals surface area (Å²) in [6.45, 7) is 2.29. The summed E-state index contributed by atoms with van der Waals surface area (Å²) < 4.78 is 0. The van der Waals surface area contributed by atoms with Gasteiger partial charge in [0.2, 0.25) is 5.91 Å². The van der Waals surface area contributed by atoms with E-state index in [2.05, 4.69) is 25.6 Å². The molecule has 0 bridgehead atoms. The van der Waals surface area contributed by atoms with E-state index in [0.717, 1.165) is 16.8 Å². The van der Waals surface area contributed by atoms with Crippen LogP contribution in [0.4, 0.5) is 5.69 Å². The smallest absolute Gasteiger partial charge is 0.238 e. The lowest BCUT2D eigenvalue weighted by Crippen LogP contribution is -2.28. The number of carbonyl (C=O) groups excluding carboxylic acids is 2. The fraction of sp³-hybridized carbons (Fsp3) is 0.190. The predicted molar refractivity (Wildman–Crippen MR) is 111 cm³/mol. The third-order valence-corrected chi connectivity index (χ3v) is 4.09. The fourth-order valence-corrected chi connectivity index (χ4v) is 2.66. The van der Waals surface area contributed by atoms with Crippen LogP contribution in [-0.4, -0.2) is 33.2 Å². The number of pyridine rings is 1. The molecule has 0 aliphatic rings. The molecule has 0 atom stereocenters. The topological polar surface area (TPSA) is 96.9 Å². The Hall–Kier alpha value is -3.45. The summed E-state index contributed by atoms with van der Waals surface area (Å²) in [5.74, 6) is -0.380. The van der Waals surface area contributed by atoms with Gasteiger partial charge in [0.1, 0.15) is 12.0 Å². The Balaban J connectivity index is 0.00000225. The van der Waals surface area contributed by atoms with Gasteiger partial charge in [0.05, 0.1) is 17.9 Å². The van der Waals surface area contributed by atoms with Crippen molar-refractivity contribution < 1.29 is 12.4 Å². The Morgan fingerprint density at radius 1 is 1.07 bits per heavy atom. The van der Waals surface area contributed by atoms with Gasteiger partial charge in [-0.1, -0.05) is 37.3 Å². The maximum absolute atomic E-state index is 12.4. The number of hydrogen-bond donors (Lipinski definition) is 2. The molecule has 0 radical (unpaired) electrons. The highest BCUT2D eigenvalue weighted by Gasteiger charge is 2.15. The molecular formula is C21H25N5O2. The molecule has 2 heterocycles. The van der Waals surface area contributed by atoms with E-state index in [4.69, 9.17) is 0 Å². The highest BCUT2D eigenvalue weighted by atomic mass is 16.2. The van der Waals surface area contributed by atoms with E-state index >= 15 is 0 Å². The minimum atomic E-state index is -0.258. The third kappa shape index (κ3) is 5.05. The van der Waals surface area contributed by atoms with E-state index in [1.807, 2.05) is 30.3 Å². The van der Waals surface area contributed by atoms with Crippen LogP contribution in [0, 0.1) is 0 Å². The number of anilines is 1. The number of Topliss-reactive ketones (excluding diaryl/α,β-unsaturated/α-hetero) is 1. The van der Waals surface area contributed by atoms with Crippen LogP contribution < -0.4 is 10.6 Å². The lowest BCUT2D eigenvalue weighted by molar-refractivity contribution is -0.115. The molecule has 146 valence electrons. The predicted octanol–water partition coefficient (Wildman–Crippen LogP) is 3.35. The summed E-state index contributed by atoms with van der Waals surface area (Å²) in [6, 6.07) is 13.2. The van der Waals surface area contributed by atoms with E-state index in [1.54, 1.807) is 31.5 Å². The van der Waals surface area contributed by atoms with Gasteiger partial charge < -0.3 is 10.6 Å². The van der Waals surface area contributed by atoms with Crippen LogP contribution in [0.5, 0.6) is 0 Å². The summed E-state index contributed by atoms with van der Waals surface area (Å²) in [5, 5.41) is 5.83. The average Bonchev–Trinajstić information content (AvgIpc) is 2.74. The van der Waals surface area contributed by atoms with Crippen LogP contribution in [0.15, 0.2) is 61.2 Å². The largest absolute Gasteiger partial charge is 0.323 e. The van der Waals surface area contributed by atoms with Crippen LogP contribution in [0.1, 0.15) is 32.4 Å². The minimum absolute atomic E-state index is 0. The molecule has 3 rings (SSSR count). The van der Waals surface area contributed by atoms with E-state index < -0.39 is 0 Å². The molecule has 0 aliphatic heterocycles. The van der Waals surface area contributed by atoms with Crippen molar-refractivity contribution >= 4 is 17.4 Å². The Labute approximate surface area is 166 Å². The van der Waals surface area contributed by atoms with Gasteiger partial charge in [-0.25, -0.2) is 9.97 Å². The first kappa shape index (κ1) is 19.3. The zero-order chi connectivity index (χ0) is 19.8. The molecule has 0 saturated heterocycles. The molecule has 1 aromatic carbocycles. The van der Waals surface area contributed by atoms with Crippen molar-refractivity contribution in [2.75, 3.05) is 11.9 Å².